The van der Waals surface area contributed by atoms with Crippen LogP contribution in [0.2, 0.25) is 11.6 Å². The van der Waals surface area contributed by atoms with Crippen LogP contribution in [0.5, 0.6) is 0 Å². The molecule has 21 heavy (non-hydrogen) atoms. The van der Waals surface area contributed by atoms with Crippen molar-refractivity contribution in [2.45, 2.75) is 64.0 Å². The van der Waals surface area contributed by atoms with Crippen molar-refractivity contribution in [1.82, 2.24) is 10.2 Å². The third-order valence-corrected chi connectivity index (χ3v) is 6.16. The van der Waals surface area contributed by atoms with Gasteiger partial charge in [0, 0.05) is 12.1 Å². The van der Waals surface area contributed by atoms with E-state index in [9.17, 15) is 0 Å². The number of rotatable bonds is 2. The predicted molar refractivity (Wildman–Crippen MR) is 83.2 cm³/mol. The standard InChI is InChI=1S/C16H26BN4/c1-13-9-11-20(18-13)17(21-12-10-14(2)19-21)15-5-3-6-16(17)8-4-7-15/h9-12,15-16,18-19H,3-8H2,1-2H3/q+1. The van der Waals surface area contributed by atoms with Crippen LogP contribution in [0, 0.1) is 13.8 Å². The van der Waals surface area contributed by atoms with Crippen molar-refractivity contribution >= 4 is 6.42 Å². The molecule has 0 aliphatic carbocycles. The number of hydrogen-bond acceptors (Lipinski definition) is 0. The maximum Gasteiger partial charge on any atom is 0.594 e. The third-order valence-electron chi connectivity index (χ3n) is 6.16. The predicted octanol–water partition coefficient (Wildman–Crippen LogP) is 2.48. The Kier molecular flexibility index (Phi) is 2.98. The minimum atomic E-state index is -0.795. The lowest BCUT2D eigenvalue weighted by Gasteiger charge is -2.45. The van der Waals surface area contributed by atoms with Crippen LogP contribution in [-0.4, -0.2) is 16.6 Å². The number of nitrogens with one attached hydrogen (secondary N) is 2. The minimum absolute atomic E-state index is 0.781. The van der Waals surface area contributed by atoms with Gasteiger partial charge in [0.05, 0.1) is 11.4 Å². The minimum Gasteiger partial charge on any atom is -0.265 e. The highest BCUT2D eigenvalue weighted by atomic mass is 15.4. The van der Waals surface area contributed by atoms with E-state index in [1.807, 2.05) is 0 Å². The average Bonchev–Trinajstić information content (AvgIpc) is 3.06. The zero-order chi connectivity index (χ0) is 14.4. The molecule has 2 saturated heterocycles. The summed E-state index contributed by atoms with van der Waals surface area (Å²) in [7, 11) is 0. The molecule has 4 nitrogen and oxygen atoms in total. The second-order valence-electron chi connectivity index (χ2n) is 7.32. The van der Waals surface area contributed by atoms with Gasteiger partial charge in [0.15, 0.2) is 0 Å². The quantitative estimate of drug-likeness (QED) is 0.796. The van der Waals surface area contributed by atoms with E-state index in [1.165, 1.54) is 49.9 Å². The Bertz CT molecular complexity index is 580. The van der Waals surface area contributed by atoms with Crippen LogP contribution in [0.4, 0.5) is 0 Å². The molecule has 0 radical (unpaired) electrons. The van der Waals surface area contributed by atoms with Gasteiger partial charge in [-0.1, -0.05) is 38.5 Å². The average molecular weight is 285 g/mol. The molecule has 2 aliphatic heterocycles. The molecule has 2 fully saturated rings. The lowest BCUT2D eigenvalue weighted by Crippen LogP contribution is -2.88. The van der Waals surface area contributed by atoms with Crippen LogP contribution in [0.25, 0.3) is 0 Å². The molecule has 0 atom stereocenters. The van der Waals surface area contributed by atoms with Crippen molar-refractivity contribution in [2.24, 2.45) is 0 Å². The molecule has 4 rings (SSSR count). The second-order valence-corrected chi connectivity index (χ2v) is 7.32. The number of aromatic amines is 2. The van der Waals surface area contributed by atoms with Gasteiger partial charge in [-0.15, -0.1) is 0 Å². The van der Waals surface area contributed by atoms with Crippen molar-refractivity contribution < 1.29 is 9.19 Å². The Balaban J connectivity index is 1.93. The van der Waals surface area contributed by atoms with E-state index in [0.717, 1.165) is 11.6 Å². The van der Waals surface area contributed by atoms with Crippen molar-refractivity contribution in [3.63, 3.8) is 0 Å². The monoisotopic (exact) mass is 285 g/mol. The molecule has 2 aromatic rings. The molecule has 2 aliphatic rings. The molecule has 2 aromatic heterocycles. The molecule has 2 bridgehead atoms. The maximum absolute atomic E-state index is 3.63. The first-order valence-corrected chi connectivity index (χ1v) is 8.52. The highest BCUT2D eigenvalue weighted by Crippen LogP contribution is 2.49. The van der Waals surface area contributed by atoms with E-state index in [1.54, 1.807) is 0 Å². The van der Waals surface area contributed by atoms with E-state index >= 15 is 0 Å². The second kappa shape index (κ2) is 4.75. The molecular formula is C16H26BN4+. The normalized spacial score (nSPS) is 27.7. The number of aromatic nitrogens is 4. The van der Waals surface area contributed by atoms with E-state index in [-0.39, 0.29) is 0 Å². The zero-order valence-corrected chi connectivity index (χ0v) is 13.2. The van der Waals surface area contributed by atoms with Crippen LogP contribution in [0.3, 0.4) is 0 Å². The molecule has 2 N–H and O–H groups in total. The van der Waals surface area contributed by atoms with E-state index < -0.39 is 6.42 Å². The number of H-pyrrole nitrogens is 2. The van der Waals surface area contributed by atoms with Gasteiger partial charge in [0.25, 0.3) is 0 Å². The molecule has 4 heterocycles. The Morgan fingerprint density at radius 2 is 1.29 bits per heavy atom. The number of hydrogen-bond donors (Lipinski definition) is 2. The van der Waals surface area contributed by atoms with Crippen molar-refractivity contribution in [3.8, 4) is 0 Å². The van der Waals surface area contributed by atoms with Gasteiger partial charge in [-0.25, -0.2) is 10.2 Å². The fourth-order valence-electron chi connectivity index (χ4n) is 5.40. The molecule has 5 heteroatoms. The molecule has 0 aromatic carbocycles. The first-order chi connectivity index (χ1) is 10.2. The van der Waals surface area contributed by atoms with Crippen LogP contribution < -0.4 is 9.19 Å². The van der Waals surface area contributed by atoms with Crippen molar-refractivity contribution in [2.75, 3.05) is 0 Å². The smallest absolute Gasteiger partial charge is 0.265 e. The molecule has 112 valence electrons. The van der Waals surface area contributed by atoms with Gasteiger partial charge in [-0.2, -0.15) is 0 Å². The maximum atomic E-state index is 3.63. The Morgan fingerprint density at radius 3 is 1.62 bits per heavy atom. The summed E-state index contributed by atoms with van der Waals surface area (Å²) >= 11 is 0. The van der Waals surface area contributed by atoms with Gasteiger partial charge < -0.3 is 0 Å². The molecule has 0 amide bonds. The Hall–Kier alpha value is -1.52. The molecule has 0 saturated carbocycles. The van der Waals surface area contributed by atoms with Gasteiger partial charge in [-0.05, 0) is 25.5 Å². The lowest BCUT2D eigenvalue weighted by atomic mass is 9.24. The summed E-state index contributed by atoms with van der Waals surface area (Å²) in [6, 6.07) is 4.42. The van der Waals surface area contributed by atoms with E-state index in [2.05, 4.69) is 57.8 Å². The fourth-order valence-corrected chi connectivity index (χ4v) is 5.40. The van der Waals surface area contributed by atoms with Gasteiger partial charge >= 0.3 is 6.42 Å². The topological polar surface area (TPSA) is 39.3 Å². The zero-order valence-electron chi connectivity index (χ0n) is 13.2. The Labute approximate surface area is 126 Å². The Morgan fingerprint density at radius 1 is 0.857 bits per heavy atom. The van der Waals surface area contributed by atoms with Crippen LogP contribution in [0.15, 0.2) is 24.5 Å². The fraction of sp³-hybridized carbons (Fsp3) is 0.625. The highest BCUT2D eigenvalue weighted by molar-refractivity contribution is 6.66. The number of nitrogens with zero attached hydrogens (tertiary/aromatic N) is 2. The molecular weight excluding hydrogens is 259 g/mol. The van der Waals surface area contributed by atoms with Crippen molar-refractivity contribution in [1.29, 1.82) is 0 Å². The third kappa shape index (κ3) is 1.82. The van der Waals surface area contributed by atoms with E-state index in [0.29, 0.717) is 0 Å². The summed E-state index contributed by atoms with van der Waals surface area (Å²) in [4.78, 5) is 0. The van der Waals surface area contributed by atoms with Crippen LogP contribution in [-0.2, 0) is 0 Å². The van der Waals surface area contributed by atoms with Crippen LogP contribution in [0.1, 0.15) is 49.9 Å². The number of aryl methyl sites for hydroxylation is 2. The first-order valence-electron chi connectivity index (χ1n) is 8.52. The summed E-state index contributed by atoms with van der Waals surface area (Å²) in [6.45, 7) is 4.31. The summed E-state index contributed by atoms with van der Waals surface area (Å²) in [5, 5.41) is 7.25. The first kappa shape index (κ1) is 13.2. The lowest BCUT2D eigenvalue weighted by molar-refractivity contribution is -0.751. The number of fused-ring (bicyclic) bond motifs is 2. The van der Waals surface area contributed by atoms with Gasteiger partial charge in [0.2, 0.25) is 0 Å². The van der Waals surface area contributed by atoms with Gasteiger partial charge in [-0.3, -0.25) is 9.19 Å². The summed E-state index contributed by atoms with van der Waals surface area (Å²) < 4.78 is 4.91. The summed E-state index contributed by atoms with van der Waals surface area (Å²) in [6.07, 6.45) is 12.0. The highest BCUT2D eigenvalue weighted by Gasteiger charge is 2.66. The molecule has 0 spiro atoms. The SMILES string of the molecule is Cc1cc[n+]([B-]2([n+]3ccc(C)[nH]3)C3CCCC2CCC3)[nH]1. The molecule has 0 unspecified atom stereocenters. The summed E-state index contributed by atoms with van der Waals surface area (Å²) in [5.41, 5.74) is 2.51. The largest absolute Gasteiger partial charge is 0.594 e. The van der Waals surface area contributed by atoms with Crippen LogP contribution >= 0.6 is 0 Å². The van der Waals surface area contributed by atoms with E-state index in [4.69, 9.17) is 0 Å². The summed E-state index contributed by atoms with van der Waals surface area (Å²) in [5.74, 6) is 1.56. The van der Waals surface area contributed by atoms with Gasteiger partial charge in [0.1, 0.15) is 12.4 Å². The van der Waals surface area contributed by atoms with Crippen molar-refractivity contribution in [3.05, 3.63) is 35.9 Å².